The number of benzene rings is 1. The number of aryl methyl sites for hydroxylation is 1. The summed E-state index contributed by atoms with van der Waals surface area (Å²) in [5, 5.41) is 2.74. The first kappa shape index (κ1) is 18.2. The molecule has 1 N–H and O–H groups in total. The molecule has 0 aliphatic carbocycles. The molecule has 1 aliphatic rings. The quantitative estimate of drug-likeness (QED) is 0.521. The minimum absolute atomic E-state index is 0.116. The largest absolute Gasteiger partial charge is 0.487 e. The third-order valence-corrected chi connectivity index (χ3v) is 5.83. The van der Waals surface area contributed by atoms with Crippen LogP contribution in [0.15, 0.2) is 34.1 Å². The van der Waals surface area contributed by atoms with E-state index in [0.717, 1.165) is 33.7 Å². The summed E-state index contributed by atoms with van der Waals surface area (Å²) in [7, 11) is 0. The van der Waals surface area contributed by atoms with Gasteiger partial charge in [0.05, 0.1) is 24.9 Å². The van der Waals surface area contributed by atoms with Crippen molar-refractivity contribution in [1.82, 2.24) is 5.32 Å². The number of anilines is 1. The van der Waals surface area contributed by atoms with Crippen molar-refractivity contribution in [3.8, 4) is 5.75 Å². The molecule has 0 unspecified atom stereocenters. The Morgan fingerprint density at radius 2 is 2.24 bits per heavy atom. The second kappa shape index (κ2) is 8.69. The van der Waals surface area contributed by atoms with Gasteiger partial charge in [0.15, 0.2) is 5.75 Å². The van der Waals surface area contributed by atoms with Gasteiger partial charge in [-0.15, -0.1) is 11.3 Å². The highest BCUT2D eigenvalue weighted by atomic mass is 79.9. The van der Waals surface area contributed by atoms with Crippen LogP contribution >= 0.6 is 27.3 Å². The van der Waals surface area contributed by atoms with Gasteiger partial charge in [0.1, 0.15) is 10.4 Å². The molecule has 5 nitrogen and oxygen atoms in total. The highest BCUT2D eigenvalue weighted by molar-refractivity contribution is 9.11. The molecule has 3 rings (SSSR count). The zero-order chi connectivity index (χ0) is 17.6. The SMILES string of the molecule is Cc1sc(Br)c2c1N(CCNC=O)[C@H](COCc1ccccc1)CO2. The summed E-state index contributed by atoms with van der Waals surface area (Å²) in [6, 6.07) is 10.3. The van der Waals surface area contributed by atoms with E-state index in [1.807, 2.05) is 18.2 Å². The highest BCUT2D eigenvalue weighted by Gasteiger charge is 2.32. The number of amides is 1. The van der Waals surface area contributed by atoms with E-state index in [2.05, 4.69) is 45.2 Å². The Morgan fingerprint density at radius 1 is 1.44 bits per heavy atom. The van der Waals surface area contributed by atoms with Crippen LogP contribution in [-0.4, -0.2) is 38.8 Å². The van der Waals surface area contributed by atoms with Crippen LogP contribution in [0.3, 0.4) is 0 Å². The summed E-state index contributed by atoms with van der Waals surface area (Å²) < 4.78 is 12.9. The minimum Gasteiger partial charge on any atom is -0.487 e. The topological polar surface area (TPSA) is 50.8 Å². The number of nitrogens with one attached hydrogen (secondary N) is 1. The number of hydrogen-bond donors (Lipinski definition) is 1. The number of carbonyl (C=O) groups excluding carboxylic acids is 1. The van der Waals surface area contributed by atoms with Crippen LogP contribution in [-0.2, 0) is 16.1 Å². The Balaban J connectivity index is 1.68. The van der Waals surface area contributed by atoms with Crippen LogP contribution in [0.4, 0.5) is 5.69 Å². The molecule has 1 aliphatic heterocycles. The number of rotatable bonds is 8. The lowest BCUT2D eigenvalue weighted by Crippen LogP contribution is -2.48. The normalized spacial score (nSPS) is 16.2. The van der Waals surface area contributed by atoms with E-state index >= 15 is 0 Å². The number of fused-ring (bicyclic) bond motifs is 1. The lowest BCUT2D eigenvalue weighted by molar-refractivity contribution is -0.109. The van der Waals surface area contributed by atoms with Gasteiger partial charge in [-0.05, 0) is 28.4 Å². The fourth-order valence-corrected chi connectivity index (χ4v) is 4.81. The number of ether oxygens (including phenoxy) is 2. The van der Waals surface area contributed by atoms with Crippen molar-refractivity contribution in [2.45, 2.75) is 19.6 Å². The van der Waals surface area contributed by atoms with Gasteiger partial charge in [-0.3, -0.25) is 4.79 Å². The Labute approximate surface area is 160 Å². The number of carbonyl (C=O) groups is 1. The molecule has 0 spiro atoms. The highest BCUT2D eigenvalue weighted by Crippen LogP contribution is 2.48. The van der Waals surface area contributed by atoms with Crippen molar-refractivity contribution in [3.05, 3.63) is 44.6 Å². The van der Waals surface area contributed by atoms with E-state index in [0.29, 0.717) is 26.4 Å². The standard InChI is InChI=1S/C18H21BrN2O3S/c1-13-16-17(18(19)25-13)24-11-15(21(16)8-7-20-12-22)10-23-9-14-5-3-2-4-6-14/h2-6,12,15H,7-11H2,1H3,(H,20,22)/t15-/m1/s1. The molecular formula is C18H21BrN2O3S. The summed E-state index contributed by atoms with van der Waals surface area (Å²) in [4.78, 5) is 14.1. The minimum atomic E-state index is 0.116. The van der Waals surface area contributed by atoms with Crippen molar-refractivity contribution in [3.63, 3.8) is 0 Å². The molecule has 2 heterocycles. The van der Waals surface area contributed by atoms with E-state index in [1.54, 1.807) is 11.3 Å². The van der Waals surface area contributed by atoms with Crippen molar-refractivity contribution >= 4 is 39.4 Å². The molecule has 134 valence electrons. The first-order valence-electron chi connectivity index (χ1n) is 8.17. The van der Waals surface area contributed by atoms with Gasteiger partial charge in [-0.1, -0.05) is 30.3 Å². The third-order valence-electron chi connectivity index (χ3n) is 4.12. The molecule has 1 atom stereocenters. The lowest BCUT2D eigenvalue weighted by atomic mass is 10.2. The van der Waals surface area contributed by atoms with Crippen molar-refractivity contribution < 1.29 is 14.3 Å². The van der Waals surface area contributed by atoms with Gasteiger partial charge in [-0.25, -0.2) is 0 Å². The Bertz CT molecular complexity index is 708. The van der Waals surface area contributed by atoms with Crippen LogP contribution in [0, 0.1) is 6.92 Å². The van der Waals surface area contributed by atoms with Crippen LogP contribution in [0.25, 0.3) is 0 Å². The van der Waals surface area contributed by atoms with Crippen LogP contribution in [0.2, 0.25) is 0 Å². The lowest BCUT2D eigenvalue weighted by Gasteiger charge is -2.37. The molecule has 7 heteroatoms. The van der Waals surface area contributed by atoms with Gasteiger partial charge in [0, 0.05) is 18.0 Å². The molecule has 2 aromatic rings. The van der Waals surface area contributed by atoms with E-state index in [1.165, 1.54) is 4.88 Å². The third kappa shape index (κ3) is 4.34. The van der Waals surface area contributed by atoms with E-state index in [9.17, 15) is 4.79 Å². The van der Waals surface area contributed by atoms with Gasteiger partial charge < -0.3 is 19.7 Å². The average Bonchev–Trinajstić information content (AvgIpc) is 2.91. The molecule has 0 fully saturated rings. The number of halogens is 1. The summed E-state index contributed by atoms with van der Waals surface area (Å²) in [6.45, 7) is 5.12. The Morgan fingerprint density at radius 3 is 3.00 bits per heavy atom. The number of thiophene rings is 1. The van der Waals surface area contributed by atoms with Crippen molar-refractivity contribution in [2.24, 2.45) is 0 Å². The molecule has 0 bridgehead atoms. The fraction of sp³-hybridized carbons (Fsp3) is 0.389. The summed E-state index contributed by atoms with van der Waals surface area (Å²) >= 11 is 5.25. The maximum atomic E-state index is 10.6. The molecule has 0 saturated carbocycles. The van der Waals surface area contributed by atoms with Crippen molar-refractivity contribution in [1.29, 1.82) is 0 Å². The number of hydrogen-bond acceptors (Lipinski definition) is 5. The predicted octanol–water partition coefficient (Wildman–Crippen LogP) is 3.35. The molecule has 25 heavy (non-hydrogen) atoms. The molecule has 0 saturated heterocycles. The monoisotopic (exact) mass is 424 g/mol. The average molecular weight is 425 g/mol. The molecule has 1 aromatic carbocycles. The Hall–Kier alpha value is -1.57. The Kier molecular flexibility index (Phi) is 6.34. The fourth-order valence-electron chi connectivity index (χ4n) is 2.96. The molecule has 1 aromatic heterocycles. The predicted molar refractivity (Wildman–Crippen MR) is 104 cm³/mol. The second-order valence-corrected chi connectivity index (χ2v) is 8.38. The number of nitrogens with zero attached hydrogens (tertiary/aromatic N) is 1. The second-order valence-electron chi connectivity index (χ2n) is 5.84. The van der Waals surface area contributed by atoms with E-state index in [4.69, 9.17) is 9.47 Å². The van der Waals surface area contributed by atoms with Crippen LogP contribution in [0.1, 0.15) is 10.4 Å². The summed E-state index contributed by atoms with van der Waals surface area (Å²) in [5.74, 6) is 0.896. The maximum absolute atomic E-state index is 10.6. The van der Waals surface area contributed by atoms with E-state index in [-0.39, 0.29) is 6.04 Å². The maximum Gasteiger partial charge on any atom is 0.207 e. The molecule has 1 amide bonds. The zero-order valence-electron chi connectivity index (χ0n) is 14.0. The van der Waals surface area contributed by atoms with Crippen molar-refractivity contribution in [2.75, 3.05) is 31.2 Å². The van der Waals surface area contributed by atoms with E-state index < -0.39 is 0 Å². The van der Waals surface area contributed by atoms with Gasteiger partial charge in [0.25, 0.3) is 0 Å². The first-order valence-corrected chi connectivity index (χ1v) is 9.78. The zero-order valence-corrected chi connectivity index (χ0v) is 16.4. The molecular weight excluding hydrogens is 404 g/mol. The summed E-state index contributed by atoms with van der Waals surface area (Å²) in [6.07, 6.45) is 0.735. The summed E-state index contributed by atoms with van der Waals surface area (Å²) in [5.41, 5.74) is 2.26. The van der Waals surface area contributed by atoms with Gasteiger partial charge in [0.2, 0.25) is 6.41 Å². The first-order chi connectivity index (χ1) is 12.2. The van der Waals surface area contributed by atoms with Crippen LogP contribution in [0.5, 0.6) is 5.75 Å². The van der Waals surface area contributed by atoms with Gasteiger partial charge in [-0.2, -0.15) is 0 Å². The smallest absolute Gasteiger partial charge is 0.207 e. The van der Waals surface area contributed by atoms with Gasteiger partial charge >= 0.3 is 0 Å². The molecule has 0 radical (unpaired) electrons. The van der Waals surface area contributed by atoms with Crippen LogP contribution < -0.4 is 15.0 Å².